The first kappa shape index (κ1) is 14.0. The Morgan fingerprint density at radius 2 is 2.10 bits per heavy atom. The lowest BCUT2D eigenvalue weighted by atomic mass is 10.1. The summed E-state index contributed by atoms with van der Waals surface area (Å²) in [5.74, 6) is -0.287. The van der Waals surface area contributed by atoms with E-state index < -0.39 is 0 Å². The summed E-state index contributed by atoms with van der Waals surface area (Å²) in [6, 6.07) is 12.3. The van der Waals surface area contributed by atoms with Crippen molar-refractivity contribution < 1.29 is 4.39 Å². The third-order valence-corrected chi connectivity index (χ3v) is 3.93. The van der Waals surface area contributed by atoms with Crippen LogP contribution in [0.15, 0.2) is 48.8 Å². The molecule has 3 aromatic rings. The summed E-state index contributed by atoms with van der Waals surface area (Å²) in [5, 5.41) is 3.75. The van der Waals surface area contributed by atoms with Crippen LogP contribution in [0.5, 0.6) is 0 Å². The van der Waals surface area contributed by atoms with E-state index in [-0.39, 0.29) is 11.9 Å². The summed E-state index contributed by atoms with van der Waals surface area (Å²) in [6.45, 7) is 0.625. The number of benzene rings is 2. The fourth-order valence-corrected chi connectivity index (χ4v) is 2.73. The number of nitrogens with zero attached hydrogens (tertiary/aromatic N) is 2. The molecule has 0 spiro atoms. The smallest absolute Gasteiger partial charge is 0.123 e. The number of aromatic nitrogens is 2. The molecule has 3 rings (SSSR count). The summed E-state index contributed by atoms with van der Waals surface area (Å²) < 4.78 is 15.5. The zero-order valence-corrected chi connectivity index (χ0v) is 12.3. The van der Waals surface area contributed by atoms with Crippen molar-refractivity contribution in [1.29, 1.82) is 0 Å². The first-order chi connectivity index (χ1) is 10.2. The topological polar surface area (TPSA) is 29.9 Å². The SMILES string of the molecule is CNC(Cn1cnc2ccccc21)c1cc(F)ccc1Cl. The van der Waals surface area contributed by atoms with E-state index >= 15 is 0 Å². The van der Waals surface area contributed by atoms with E-state index in [1.165, 1.54) is 12.1 Å². The Morgan fingerprint density at radius 3 is 2.90 bits per heavy atom. The Balaban J connectivity index is 1.96. The average molecular weight is 304 g/mol. The molecule has 0 aliphatic heterocycles. The maximum atomic E-state index is 13.5. The zero-order valence-electron chi connectivity index (χ0n) is 11.6. The van der Waals surface area contributed by atoms with Crippen LogP contribution in [0.1, 0.15) is 11.6 Å². The largest absolute Gasteiger partial charge is 0.329 e. The van der Waals surface area contributed by atoms with Gasteiger partial charge < -0.3 is 9.88 Å². The van der Waals surface area contributed by atoms with Crippen molar-refractivity contribution in [2.45, 2.75) is 12.6 Å². The minimum absolute atomic E-state index is 0.0918. The zero-order chi connectivity index (χ0) is 14.8. The van der Waals surface area contributed by atoms with Crippen molar-refractivity contribution in [2.75, 3.05) is 7.05 Å². The van der Waals surface area contributed by atoms with Gasteiger partial charge in [0.05, 0.1) is 23.4 Å². The summed E-state index contributed by atoms with van der Waals surface area (Å²) in [6.07, 6.45) is 1.79. The molecule has 2 aromatic carbocycles. The van der Waals surface area contributed by atoms with Crippen LogP contribution >= 0.6 is 11.6 Å². The molecular weight excluding hydrogens is 289 g/mol. The van der Waals surface area contributed by atoms with Crippen molar-refractivity contribution in [3.05, 3.63) is 65.2 Å². The molecular formula is C16H15ClFN3. The van der Waals surface area contributed by atoms with Crippen molar-refractivity contribution in [2.24, 2.45) is 0 Å². The second-order valence-corrected chi connectivity index (χ2v) is 5.30. The van der Waals surface area contributed by atoms with Crippen LogP contribution in [0, 0.1) is 5.82 Å². The summed E-state index contributed by atoms with van der Waals surface area (Å²) >= 11 is 6.20. The lowest BCUT2D eigenvalue weighted by molar-refractivity contribution is 0.504. The van der Waals surface area contributed by atoms with E-state index in [1.54, 1.807) is 12.4 Å². The number of para-hydroxylation sites is 2. The lowest BCUT2D eigenvalue weighted by Gasteiger charge is -2.19. The van der Waals surface area contributed by atoms with Crippen LogP contribution in [-0.2, 0) is 6.54 Å². The van der Waals surface area contributed by atoms with Gasteiger partial charge in [0, 0.05) is 11.6 Å². The highest BCUT2D eigenvalue weighted by Gasteiger charge is 2.15. The predicted octanol–water partition coefficient (Wildman–Crippen LogP) is 3.79. The molecule has 0 radical (unpaired) electrons. The molecule has 1 heterocycles. The molecule has 0 bridgehead atoms. The van der Waals surface area contributed by atoms with Crippen LogP contribution in [0.4, 0.5) is 4.39 Å². The minimum atomic E-state index is -0.287. The van der Waals surface area contributed by atoms with Crippen LogP contribution in [0.2, 0.25) is 5.02 Å². The maximum absolute atomic E-state index is 13.5. The number of imidazole rings is 1. The Labute approximate surface area is 127 Å². The highest BCUT2D eigenvalue weighted by Crippen LogP contribution is 2.26. The van der Waals surface area contributed by atoms with Crippen LogP contribution in [-0.4, -0.2) is 16.6 Å². The third kappa shape index (κ3) is 2.77. The van der Waals surface area contributed by atoms with Gasteiger partial charge in [-0.05, 0) is 42.9 Å². The Hall–Kier alpha value is -1.91. The molecule has 1 aromatic heterocycles. The van der Waals surface area contributed by atoms with Gasteiger partial charge in [0.1, 0.15) is 5.82 Å². The van der Waals surface area contributed by atoms with E-state index in [1.807, 2.05) is 35.9 Å². The molecule has 1 atom stereocenters. The summed E-state index contributed by atoms with van der Waals surface area (Å²) in [7, 11) is 1.84. The number of halogens is 2. The van der Waals surface area contributed by atoms with E-state index in [0.29, 0.717) is 11.6 Å². The number of hydrogen-bond donors (Lipinski definition) is 1. The molecule has 0 aliphatic carbocycles. The van der Waals surface area contributed by atoms with Crippen LogP contribution in [0.25, 0.3) is 11.0 Å². The van der Waals surface area contributed by atoms with Gasteiger partial charge in [-0.15, -0.1) is 0 Å². The molecule has 0 saturated heterocycles. The molecule has 1 unspecified atom stereocenters. The number of fused-ring (bicyclic) bond motifs is 1. The van der Waals surface area contributed by atoms with Gasteiger partial charge in [-0.2, -0.15) is 0 Å². The van der Waals surface area contributed by atoms with Crippen molar-refractivity contribution in [3.8, 4) is 0 Å². The minimum Gasteiger partial charge on any atom is -0.329 e. The van der Waals surface area contributed by atoms with Crippen LogP contribution in [0.3, 0.4) is 0 Å². The lowest BCUT2D eigenvalue weighted by Crippen LogP contribution is -2.22. The quantitative estimate of drug-likeness (QED) is 0.795. The van der Waals surface area contributed by atoms with E-state index in [9.17, 15) is 4.39 Å². The van der Waals surface area contributed by atoms with Gasteiger partial charge in [0.2, 0.25) is 0 Å². The number of likely N-dealkylation sites (N-methyl/N-ethyl adjacent to an activating group) is 1. The predicted molar refractivity (Wildman–Crippen MR) is 82.9 cm³/mol. The fraction of sp³-hybridized carbons (Fsp3) is 0.188. The number of hydrogen-bond acceptors (Lipinski definition) is 2. The summed E-state index contributed by atoms with van der Waals surface area (Å²) in [5.41, 5.74) is 2.74. The van der Waals surface area contributed by atoms with Crippen molar-refractivity contribution >= 4 is 22.6 Å². The van der Waals surface area contributed by atoms with Gasteiger partial charge in [-0.25, -0.2) is 9.37 Å². The molecule has 5 heteroatoms. The van der Waals surface area contributed by atoms with Gasteiger partial charge in [-0.1, -0.05) is 23.7 Å². The Morgan fingerprint density at radius 1 is 1.29 bits per heavy atom. The number of rotatable bonds is 4. The standard InChI is InChI=1S/C16H15ClFN3/c1-19-15(12-8-11(18)6-7-13(12)17)9-21-10-20-14-4-2-3-5-16(14)21/h2-8,10,15,19H,9H2,1H3. The monoisotopic (exact) mass is 303 g/mol. The Kier molecular flexibility index (Phi) is 3.90. The van der Waals surface area contributed by atoms with Gasteiger partial charge in [0.25, 0.3) is 0 Å². The summed E-state index contributed by atoms with van der Waals surface area (Å²) in [4.78, 5) is 4.37. The third-order valence-electron chi connectivity index (χ3n) is 3.59. The first-order valence-corrected chi connectivity index (χ1v) is 7.09. The molecule has 0 aliphatic rings. The molecule has 21 heavy (non-hydrogen) atoms. The van der Waals surface area contributed by atoms with E-state index in [4.69, 9.17) is 11.6 Å². The first-order valence-electron chi connectivity index (χ1n) is 6.71. The molecule has 108 valence electrons. The van der Waals surface area contributed by atoms with Gasteiger partial charge >= 0.3 is 0 Å². The Bertz CT molecular complexity index is 769. The molecule has 3 nitrogen and oxygen atoms in total. The molecule has 1 N–H and O–H groups in total. The molecule has 0 amide bonds. The van der Waals surface area contributed by atoms with Gasteiger partial charge in [-0.3, -0.25) is 0 Å². The van der Waals surface area contributed by atoms with Crippen molar-refractivity contribution in [3.63, 3.8) is 0 Å². The second-order valence-electron chi connectivity index (χ2n) is 4.89. The van der Waals surface area contributed by atoms with Crippen molar-refractivity contribution in [1.82, 2.24) is 14.9 Å². The average Bonchev–Trinajstić information content (AvgIpc) is 2.91. The molecule has 0 saturated carbocycles. The van der Waals surface area contributed by atoms with Crippen LogP contribution < -0.4 is 5.32 Å². The van der Waals surface area contributed by atoms with E-state index in [0.717, 1.165) is 16.6 Å². The highest BCUT2D eigenvalue weighted by molar-refractivity contribution is 6.31. The number of nitrogens with one attached hydrogen (secondary N) is 1. The van der Waals surface area contributed by atoms with E-state index in [2.05, 4.69) is 10.3 Å². The fourth-order valence-electron chi connectivity index (χ4n) is 2.48. The highest BCUT2D eigenvalue weighted by atomic mass is 35.5. The maximum Gasteiger partial charge on any atom is 0.123 e. The normalized spacial score (nSPS) is 12.7. The van der Waals surface area contributed by atoms with Gasteiger partial charge in [0.15, 0.2) is 0 Å². The second kappa shape index (κ2) is 5.84. The molecule has 0 fully saturated rings.